The van der Waals surface area contributed by atoms with Gasteiger partial charge in [0.05, 0.1) is 17.0 Å². The Balaban J connectivity index is 1.98. The fraction of sp³-hybridized carbons (Fsp3) is 0.158. The third-order valence-corrected chi connectivity index (χ3v) is 3.87. The van der Waals surface area contributed by atoms with E-state index in [0.29, 0.717) is 10.6 Å². The highest BCUT2D eigenvalue weighted by Crippen LogP contribution is 2.26. The molecular weight excluding hydrogens is 308 g/mol. The van der Waals surface area contributed by atoms with E-state index >= 15 is 0 Å². The van der Waals surface area contributed by atoms with Crippen LogP contribution in [0.3, 0.4) is 0 Å². The van der Waals surface area contributed by atoms with E-state index < -0.39 is 0 Å². The summed E-state index contributed by atoms with van der Waals surface area (Å²) in [5.41, 5.74) is 3.21. The molecule has 0 spiro atoms. The zero-order valence-corrected chi connectivity index (χ0v) is 13.6. The average molecular weight is 325 g/mol. The number of para-hydroxylation sites is 1. The molecule has 4 heteroatoms. The van der Waals surface area contributed by atoms with Crippen molar-refractivity contribution < 1.29 is 4.79 Å². The third kappa shape index (κ3) is 3.35. The van der Waals surface area contributed by atoms with Gasteiger partial charge >= 0.3 is 0 Å². The van der Waals surface area contributed by atoms with Crippen LogP contribution in [-0.4, -0.2) is 11.6 Å². The first-order valence-corrected chi connectivity index (χ1v) is 8.01. The van der Waals surface area contributed by atoms with Gasteiger partial charge in [0.25, 0.3) is 5.91 Å². The number of carbonyl (C=O) groups is 1. The predicted octanol–water partition coefficient (Wildman–Crippen LogP) is 4.93. The number of benzene rings is 2. The number of hydrogen-bond acceptors (Lipinski definition) is 2. The molecule has 3 nitrogen and oxygen atoms in total. The van der Waals surface area contributed by atoms with Crippen LogP contribution >= 0.6 is 11.6 Å². The molecule has 0 radical (unpaired) electrons. The SMILES string of the molecule is CCCC1=NN(c2ccccc2)C(=O)/C1=C/c1ccc(Cl)cc1. The van der Waals surface area contributed by atoms with Gasteiger partial charge in [0.15, 0.2) is 0 Å². The zero-order valence-electron chi connectivity index (χ0n) is 12.9. The summed E-state index contributed by atoms with van der Waals surface area (Å²) in [4.78, 5) is 12.8. The third-order valence-electron chi connectivity index (χ3n) is 3.62. The highest BCUT2D eigenvalue weighted by atomic mass is 35.5. The molecule has 1 heterocycles. The van der Waals surface area contributed by atoms with Crippen molar-refractivity contribution in [3.8, 4) is 0 Å². The molecule has 116 valence electrons. The van der Waals surface area contributed by atoms with Gasteiger partial charge in [-0.1, -0.05) is 55.3 Å². The number of carbonyl (C=O) groups excluding carboxylic acids is 1. The van der Waals surface area contributed by atoms with Crippen LogP contribution < -0.4 is 5.01 Å². The summed E-state index contributed by atoms with van der Waals surface area (Å²) in [6.45, 7) is 2.08. The summed E-state index contributed by atoms with van der Waals surface area (Å²) in [7, 11) is 0. The molecule has 0 fully saturated rings. The Morgan fingerprint density at radius 2 is 1.78 bits per heavy atom. The minimum atomic E-state index is -0.0883. The molecule has 0 unspecified atom stereocenters. The van der Waals surface area contributed by atoms with E-state index in [0.717, 1.165) is 29.8 Å². The van der Waals surface area contributed by atoms with Crippen LogP contribution in [0.5, 0.6) is 0 Å². The molecule has 0 atom stereocenters. The normalized spacial score (nSPS) is 16.1. The maximum Gasteiger partial charge on any atom is 0.280 e. The van der Waals surface area contributed by atoms with Crippen LogP contribution in [0.25, 0.3) is 6.08 Å². The monoisotopic (exact) mass is 324 g/mol. The van der Waals surface area contributed by atoms with E-state index in [2.05, 4.69) is 12.0 Å². The van der Waals surface area contributed by atoms with Gasteiger partial charge in [-0.05, 0) is 42.3 Å². The van der Waals surface area contributed by atoms with Crippen molar-refractivity contribution in [2.45, 2.75) is 19.8 Å². The van der Waals surface area contributed by atoms with E-state index in [-0.39, 0.29) is 5.91 Å². The fourth-order valence-electron chi connectivity index (χ4n) is 2.49. The molecule has 23 heavy (non-hydrogen) atoms. The summed E-state index contributed by atoms with van der Waals surface area (Å²) in [6, 6.07) is 16.9. The summed E-state index contributed by atoms with van der Waals surface area (Å²) >= 11 is 5.92. The standard InChI is InChI=1S/C19H17ClN2O/c1-2-6-18-17(13-14-9-11-15(20)12-10-14)19(23)22(21-18)16-7-4-3-5-8-16/h3-5,7-13H,2,6H2,1H3/b17-13+. The average Bonchev–Trinajstić information content (AvgIpc) is 2.87. The molecule has 2 aromatic rings. The molecule has 0 N–H and O–H groups in total. The molecule has 1 amide bonds. The van der Waals surface area contributed by atoms with Gasteiger partial charge in [-0.3, -0.25) is 4.79 Å². The number of halogens is 1. The van der Waals surface area contributed by atoms with Crippen LogP contribution in [0, 0.1) is 0 Å². The Bertz CT molecular complexity index is 764. The van der Waals surface area contributed by atoms with Crippen molar-refractivity contribution in [1.29, 1.82) is 0 Å². The lowest BCUT2D eigenvalue weighted by Gasteiger charge is -2.10. The summed E-state index contributed by atoms with van der Waals surface area (Å²) < 4.78 is 0. The molecule has 2 aromatic carbocycles. The number of amides is 1. The Kier molecular flexibility index (Phi) is 4.58. The highest BCUT2D eigenvalue weighted by molar-refractivity contribution is 6.33. The topological polar surface area (TPSA) is 32.7 Å². The first-order valence-electron chi connectivity index (χ1n) is 7.63. The molecule has 0 aromatic heterocycles. The first kappa shape index (κ1) is 15.5. The number of hydrogen-bond donors (Lipinski definition) is 0. The van der Waals surface area contributed by atoms with Crippen LogP contribution in [0.15, 0.2) is 65.3 Å². The Morgan fingerprint density at radius 3 is 2.43 bits per heavy atom. The number of nitrogens with zero attached hydrogens (tertiary/aromatic N) is 2. The second kappa shape index (κ2) is 6.80. The fourth-order valence-corrected chi connectivity index (χ4v) is 2.62. The second-order valence-corrected chi connectivity index (χ2v) is 5.80. The van der Waals surface area contributed by atoms with Gasteiger partial charge in [-0.2, -0.15) is 10.1 Å². The van der Waals surface area contributed by atoms with Crippen molar-refractivity contribution in [3.05, 3.63) is 70.8 Å². The smallest absolute Gasteiger partial charge is 0.267 e. The maximum atomic E-state index is 12.8. The van der Waals surface area contributed by atoms with E-state index in [9.17, 15) is 4.79 Å². The minimum Gasteiger partial charge on any atom is -0.267 e. The molecule has 1 aliphatic heterocycles. The summed E-state index contributed by atoms with van der Waals surface area (Å²) in [5.74, 6) is -0.0883. The highest BCUT2D eigenvalue weighted by Gasteiger charge is 2.30. The predicted molar refractivity (Wildman–Crippen MR) is 95.7 cm³/mol. The molecule has 0 saturated heterocycles. The van der Waals surface area contributed by atoms with E-state index in [4.69, 9.17) is 11.6 Å². The van der Waals surface area contributed by atoms with Crippen molar-refractivity contribution in [1.82, 2.24) is 0 Å². The molecular formula is C19H17ClN2O. The van der Waals surface area contributed by atoms with Crippen molar-refractivity contribution in [2.75, 3.05) is 5.01 Å². The molecule has 3 rings (SSSR count). The summed E-state index contributed by atoms with van der Waals surface area (Å²) in [6.07, 6.45) is 3.59. The van der Waals surface area contributed by atoms with Gasteiger partial charge in [0.1, 0.15) is 0 Å². The first-order chi connectivity index (χ1) is 11.2. The van der Waals surface area contributed by atoms with Gasteiger partial charge in [-0.25, -0.2) is 0 Å². The van der Waals surface area contributed by atoms with E-state index in [1.54, 1.807) is 0 Å². The van der Waals surface area contributed by atoms with Crippen LogP contribution in [0.4, 0.5) is 5.69 Å². The Labute approximate surface area is 140 Å². The lowest BCUT2D eigenvalue weighted by atomic mass is 10.0. The maximum absolute atomic E-state index is 12.8. The van der Waals surface area contributed by atoms with E-state index in [1.165, 1.54) is 5.01 Å². The number of anilines is 1. The summed E-state index contributed by atoms with van der Waals surface area (Å²) in [5, 5.41) is 6.69. The minimum absolute atomic E-state index is 0.0883. The van der Waals surface area contributed by atoms with Crippen LogP contribution in [0.2, 0.25) is 5.02 Å². The molecule has 0 saturated carbocycles. The van der Waals surface area contributed by atoms with Gasteiger partial charge in [0, 0.05) is 5.02 Å². The largest absolute Gasteiger partial charge is 0.280 e. The number of rotatable bonds is 4. The quantitative estimate of drug-likeness (QED) is 0.734. The zero-order chi connectivity index (χ0) is 16.2. The van der Waals surface area contributed by atoms with Gasteiger partial charge in [-0.15, -0.1) is 0 Å². The van der Waals surface area contributed by atoms with Crippen molar-refractivity contribution in [3.63, 3.8) is 0 Å². The van der Waals surface area contributed by atoms with Gasteiger partial charge < -0.3 is 0 Å². The molecule has 0 aliphatic carbocycles. The second-order valence-electron chi connectivity index (χ2n) is 5.36. The number of hydrazone groups is 1. The lowest BCUT2D eigenvalue weighted by Crippen LogP contribution is -2.21. The molecule has 0 bridgehead atoms. The Morgan fingerprint density at radius 1 is 1.09 bits per heavy atom. The molecule has 1 aliphatic rings. The van der Waals surface area contributed by atoms with E-state index in [1.807, 2.05) is 60.7 Å². The lowest BCUT2D eigenvalue weighted by molar-refractivity contribution is -0.114. The Hall–Kier alpha value is -2.39. The van der Waals surface area contributed by atoms with Crippen LogP contribution in [-0.2, 0) is 4.79 Å². The van der Waals surface area contributed by atoms with Crippen LogP contribution in [0.1, 0.15) is 25.3 Å². The van der Waals surface area contributed by atoms with Crippen molar-refractivity contribution >= 4 is 35.0 Å². The van der Waals surface area contributed by atoms with Gasteiger partial charge in [0.2, 0.25) is 0 Å². The van der Waals surface area contributed by atoms with Crippen molar-refractivity contribution in [2.24, 2.45) is 5.10 Å².